The number of alkyl halides is 1. The number of hydrogen-bond acceptors (Lipinski definition) is 0. The second-order valence-electron chi connectivity index (χ2n) is 6.12. The first kappa shape index (κ1) is 17.6. The number of benzene rings is 1. The van der Waals surface area contributed by atoms with E-state index in [9.17, 15) is 0 Å². The Hall–Kier alpha value is -0.490. The van der Waals surface area contributed by atoms with E-state index in [-0.39, 0.29) is 0 Å². The second kappa shape index (κ2) is 11.2. The molecule has 0 saturated carbocycles. The zero-order valence-electron chi connectivity index (χ0n) is 13.3. The van der Waals surface area contributed by atoms with Gasteiger partial charge in [0.2, 0.25) is 0 Å². The van der Waals surface area contributed by atoms with Crippen LogP contribution in [0.5, 0.6) is 0 Å². The maximum absolute atomic E-state index is 6.14. The third-order valence-electron chi connectivity index (χ3n) is 4.04. The number of aryl methyl sites for hydroxylation is 1. The maximum atomic E-state index is 6.14. The van der Waals surface area contributed by atoms with Crippen LogP contribution in [-0.4, -0.2) is 5.88 Å². The Morgan fingerprint density at radius 1 is 1.00 bits per heavy atom. The third-order valence-corrected chi connectivity index (χ3v) is 4.48. The van der Waals surface area contributed by atoms with E-state index >= 15 is 0 Å². The summed E-state index contributed by atoms with van der Waals surface area (Å²) >= 11 is 6.14. The summed E-state index contributed by atoms with van der Waals surface area (Å²) in [6, 6.07) is 8.85. The molecule has 0 heterocycles. The third kappa shape index (κ3) is 7.94. The molecule has 20 heavy (non-hydrogen) atoms. The summed E-state index contributed by atoms with van der Waals surface area (Å²) in [5.41, 5.74) is 2.80. The molecule has 114 valence electrons. The summed E-state index contributed by atoms with van der Waals surface area (Å²) in [7, 11) is 0. The van der Waals surface area contributed by atoms with Crippen molar-refractivity contribution in [2.75, 3.05) is 5.88 Å². The minimum atomic E-state index is 0.647. The van der Waals surface area contributed by atoms with Gasteiger partial charge in [-0.15, -0.1) is 11.6 Å². The standard InChI is InChI=1S/C19H31Cl/c1-3-4-5-6-7-8-9-12-19(16-20)15-18-13-10-11-17(2)14-18/h10-11,13-14,19H,3-9,12,15-16H2,1-2H3. The molecule has 1 rings (SSSR count). The van der Waals surface area contributed by atoms with Crippen LogP contribution in [0.3, 0.4) is 0 Å². The predicted octanol–water partition coefficient (Wildman–Crippen LogP) is 6.53. The Morgan fingerprint density at radius 3 is 2.35 bits per heavy atom. The van der Waals surface area contributed by atoms with Crippen LogP contribution < -0.4 is 0 Å². The molecule has 0 radical (unpaired) electrons. The molecule has 0 fully saturated rings. The molecule has 0 amide bonds. The SMILES string of the molecule is CCCCCCCCCC(CCl)Cc1cccc(C)c1. The smallest absolute Gasteiger partial charge is 0.0254 e. The number of hydrogen-bond donors (Lipinski definition) is 0. The minimum absolute atomic E-state index is 0.647. The average molecular weight is 295 g/mol. The lowest BCUT2D eigenvalue weighted by Gasteiger charge is -2.14. The Balaban J connectivity index is 2.16. The quantitative estimate of drug-likeness (QED) is 0.321. The highest BCUT2D eigenvalue weighted by Crippen LogP contribution is 2.19. The Morgan fingerprint density at radius 2 is 1.70 bits per heavy atom. The van der Waals surface area contributed by atoms with Gasteiger partial charge in [0.15, 0.2) is 0 Å². The van der Waals surface area contributed by atoms with Crippen LogP contribution in [0.4, 0.5) is 0 Å². The summed E-state index contributed by atoms with van der Waals surface area (Å²) in [6.07, 6.45) is 12.1. The van der Waals surface area contributed by atoms with Crippen molar-refractivity contribution in [3.63, 3.8) is 0 Å². The topological polar surface area (TPSA) is 0 Å². The molecule has 1 unspecified atom stereocenters. The highest BCUT2D eigenvalue weighted by atomic mass is 35.5. The van der Waals surface area contributed by atoms with Gasteiger partial charge in [0.1, 0.15) is 0 Å². The van der Waals surface area contributed by atoms with Crippen molar-refractivity contribution in [1.82, 2.24) is 0 Å². The van der Waals surface area contributed by atoms with Crippen molar-refractivity contribution in [2.24, 2.45) is 5.92 Å². The fourth-order valence-corrected chi connectivity index (χ4v) is 3.06. The molecule has 0 aliphatic heterocycles. The summed E-state index contributed by atoms with van der Waals surface area (Å²) in [5, 5.41) is 0. The van der Waals surface area contributed by atoms with E-state index in [1.165, 1.54) is 62.5 Å². The highest BCUT2D eigenvalue weighted by molar-refractivity contribution is 6.18. The van der Waals surface area contributed by atoms with Crippen LogP contribution >= 0.6 is 11.6 Å². The van der Waals surface area contributed by atoms with Gasteiger partial charge in [-0.1, -0.05) is 81.7 Å². The van der Waals surface area contributed by atoms with E-state index in [1.807, 2.05) is 0 Å². The molecular formula is C19H31Cl. The van der Waals surface area contributed by atoms with Gasteiger partial charge in [0, 0.05) is 5.88 Å². The van der Waals surface area contributed by atoms with E-state index in [0.29, 0.717) is 5.92 Å². The van der Waals surface area contributed by atoms with Gasteiger partial charge in [-0.3, -0.25) is 0 Å². The zero-order valence-corrected chi connectivity index (χ0v) is 14.1. The van der Waals surface area contributed by atoms with Crippen LogP contribution in [0, 0.1) is 12.8 Å². The molecule has 1 heteroatoms. The molecule has 0 spiro atoms. The van der Waals surface area contributed by atoms with E-state index in [0.717, 1.165) is 12.3 Å². The number of rotatable bonds is 11. The highest BCUT2D eigenvalue weighted by Gasteiger charge is 2.08. The summed E-state index contributed by atoms with van der Waals surface area (Å²) in [4.78, 5) is 0. The Bertz CT molecular complexity index is 345. The first-order chi connectivity index (χ1) is 9.76. The van der Waals surface area contributed by atoms with Crippen molar-refractivity contribution in [2.45, 2.75) is 71.6 Å². The van der Waals surface area contributed by atoms with Gasteiger partial charge in [0.25, 0.3) is 0 Å². The molecule has 0 N–H and O–H groups in total. The lowest BCUT2D eigenvalue weighted by atomic mass is 9.94. The Labute approximate surface area is 130 Å². The Kier molecular flexibility index (Phi) is 9.83. The van der Waals surface area contributed by atoms with Crippen LogP contribution in [0.1, 0.15) is 69.4 Å². The summed E-state index contributed by atoms with van der Waals surface area (Å²) in [5.74, 6) is 1.44. The minimum Gasteiger partial charge on any atom is -0.126 e. The van der Waals surface area contributed by atoms with E-state index in [2.05, 4.69) is 38.1 Å². The molecule has 1 aromatic carbocycles. The molecule has 1 aromatic rings. The fraction of sp³-hybridized carbons (Fsp3) is 0.684. The van der Waals surface area contributed by atoms with Gasteiger partial charge in [-0.25, -0.2) is 0 Å². The first-order valence-corrected chi connectivity index (χ1v) is 8.91. The van der Waals surface area contributed by atoms with Gasteiger partial charge >= 0.3 is 0 Å². The molecule has 0 saturated heterocycles. The second-order valence-corrected chi connectivity index (χ2v) is 6.43. The van der Waals surface area contributed by atoms with E-state index in [4.69, 9.17) is 11.6 Å². The zero-order chi connectivity index (χ0) is 14.6. The molecule has 0 bridgehead atoms. The molecular weight excluding hydrogens is 264 g/mol. The van der Waals surface area contributed by atoms with Crippen LogP contribution in [0.25, 0.3) is 0 Å². The van der Waals surface area contributed by atoms with Crippen molar-refractivity contribution in [3.8, 4) is 0 Å². The monoisotopic (exact) mass is 294 g/mol. The van der Waals surface area contributed by atoms with Crippen molar-refractivity contribution < 1.29 is 0 Å². The summed E-state index contributed by atoms with van der Waals surface area (Å²) < 4.78 is 0. The average Bonchev–Trinajstić information content (AvgIpc) is 2.45. The fourth-order valence-electron chi connectivity index (χ4n) is 2.80. The van der Waals surface area contributed by atoms with Crippen LogP contribution in [0.15, 0.2) is 24.3 Å². The maximum Gasteiger partial charge on any atom is 0.0254 e. The largest absolute Gasteiger partial charge is 0.126 e. The molecule has 0 aliphatic carbocycles. The van der Waals surface area contributed by atoms with E-state index in [1.54, 1.807) is 0 Å². The van der Waals surface area contributed by atoms with Gasteiger partial charge in [0.05, 0.1) is 0 Å². The van der Waals surface area contributed by atoms with Gasteiger partial charge < -0.3 is 0 Å². The van der Waals surface area contributed by atoms with Crippen LogP contribution in [-0.2, 0) is 6.42 Å². The molecule has 0 nitrogen and oxygen atoms in total. The van der Waals surface area contributed by atoms with Crippen molar-refractivity contribution in [3.05, 3.63) is 35.4 Å². The molecule has 1 atom stereocenters. The van der Waals surface area contributed by atoms with Gasteiger partial charge in [-0.2, -0.15) is 0 Å². The van der Waals surface area contributed by atoms with Crippen molar-refractivity contribution in [1.29, 1.82) is 0 Å². The van der Waals surface area contributed by atoms with Gasteiger partial charge in [-0.05, 0) is 31.2 Å². The lowest BCUT2D eigenvalue weighted by molar-refractivity contribution is 0.483. The number of unbranched alkanes of at least 4 members (excludes halogenated alkanes) is 6. The normalized spacial score (nSPS) is 12.6. The number of halogens is 1. The first-order valence-electron chi connectivity index (χ1n) is 8.37. The van der Waals surface area contributed by atoms with Crippen LogP contribution in [0.2, 0.25) is 0 Å². The molecule has 0 aromatic heterocycles. The predicted molar refractivity (Wildman–Crippen MR) is 91.7 cm³/mol. The van der Waals surface area contributed by atoms with Crippen molar-refractivity contribution >= 4 is 11.6 Å². The lowest BCUT2D eigenvalue weighted by Crippen LogP contribution is -2.06. The molecule has 0 aliphatic rings. The van der Waals surface area contributed by atoms with E-state index < -0.39 is 0 Å². The summed E-state index contributed by atoms with van der Waals surface area (Å²) in [6.45, 7) is 4.44.